The van der Waals surface area contributed by atoms with Crippen molar-refractivity contribution in [3.05, 3.63) is 33.8 Å². The van der Waals surface area contributed by atoms with E-state index >= 15 is 0 Å². The first-order valence-electron chi connectivity index (χ1n) is 6.48. The fourth-order valence-electron chi connectivity index (χ4n) is 2.46. The first kappa shape index (κ1) is 16.9. The van der Waals surface area contributed by atoms with Crippen molar-refractivity contribution in [1.29, 1.82) is 0 Å². The minimum Gasteiger partial charge on any atom is -0.353 e. The molecule has 1 saturated carbocycles. The van der Waals surface area contributed by atoms with Gasteiger partial charge < -0.3 is 9.47 Å². The second kappa shape index (κ2) is 6.72. The van der Waals surface area contributed by atoms with Crippen LogP contribution in [0.4, 0.5) is 0 Å². The molecule has 20 heavy (non-hydrogen) atoms. The number of alkyl halides is 2. The van der Waals surface area contributed by atoms with Crippen LogP contribution in [0.25, 0.3) is 0 Å². The molecule has 3 atom stereocenters. The summed E-state index contributed by atoms with van der Waals surface area (Å²) in [4.78, 5) is 0. The van der Waals surface area contributed by atoms with Crippen LogP contribution in [0.5, 0.6) is 0 Å². The molecule has 1 unspecified atom stereocenters. The average molecular weight is 403 g/mol. The lowest BCUT2D eigenvalue weighted by Gasteiger charge is -2.17. The molecular formula is C14H16BrCl3O2. The summed E-state index contributed by atoms with van der Waals surface area (Å²) in [5.74, 6) is 0.0575. The Kier molecular flexibility index (Phi) is 5.66. The Morgan fingerprint density at radius 1 is 1.15 bits per heavy atom. The van der Waals surface area contributed by atoms with Crippen LogP contribution >= 0.6 is 50.7 Å². The van der Waals surface area contributed by atoms with Crippen molar-refractivity contribution >= 4 is 50.7 Å². The van der Waals surface area contributed by atoms with Gasteiger partial charge in [-0.2, -0.15) is 0 Å². The van der Waals surface area contributed by atoms with E-state index in [1.807, 2.05) is 26.0 Å². The van der Waals surface area contributed by atoms with Crippen molar-refractivity contribution < 1.29 is 9.47 Å². The molecule has 0 aliphatic heterocycles. The molecule has 112 valence electrons. The molecule has 0 spiro atoms. The topological polar surface area (TPSA) is 18.5 Å². The van der Waals surface area contributed by atoms with Crippen LogP contribution in [-0.4, -0.2) is 23.3 Å². The van der Waals surface area contributed by atoms with E-state index in [2.05, 4.69) is 15.9 Å². The molecule has 0 aromatic heterocycles. The largest absolute Gasteiger partial charge is 0.353 e. The van der Waals surface area contributed by atoms with Crippen molar-refractivity contribution in [2.24, 2.45) is 5.92 Å². The molecule has 0 bridgehead atoms. The van der Waals surface area contributed by atoms with Gasteiger partial charge in [-0.05, 0) is 37.6 Å². The van der Waals surface area contributed by atoms with E-state index in [0.29, 0.717) is 23.3 Å². The van der Waals surface area contributed by atoms with Gasteiger partial charge >= 0.3 is 0 Å². The third-order valence-electron chi connectivity index (χ3n) is 3.31. The molecule has 1 fully saturated rings. The van der Waals surface area contributed by atoms with E-state index in [1.165, 1.54) is 0 Å². The Labute approximate surface area is 142 Å². The van der Waals surface area contributed by atoms with Gasteiger partial charge in [0.15, 0.2) is 6.29 Å². The van der Waals surface area contributed by atoms with Gasteiger partial charge in [0, 0.05) is 35.1 Å². The minimum absolute atomic E-state index is 0.0126. The predicted octanol–water partition coefficient (Wildman–Crippen LogP) is 5.44. The molecule has 0 amide bonds. The summed E-state index contributed by atoms with van der Waals surface area (Å²) in [5, 5.41) is 1.20. The maximum absolute atomic E-state index is 6.55. The van der Waals surface area contributed by atoms with E-state index in [4.69, 9.17) is 44.3 Å². The molecule has 1 aromatic carbocycles. The van der Waals surface area contributed by atoms with Crippen LogP contribution in [-0.2, 0) is 9.47 Å². The summed E-state index contributed by atoms with van der Waals surface area (Å²) in [5.41, 5.74) is 0.990. The Morgan fingerprint density at radius 3 is 2.10 bits per heavy atom. The molecular weight excluding hydrogens is 386 g/mol. The zero-order chi connectivity index (χ0) is 14.9. The van der Waals surface area contributed by atoms with Crippen LogP contribution in [0, 0.1) is 5.92 Å². The van der Waals surface area contributed by atoms with Gasteiger partial charge in [0.05, 0.1) is 0 Å². The van der Waals surface area contributed by atoms with E-state index < -0.39 is 3.78 Å². The van der Waals surface area contributed by atoms with E-state index in [0.717, 1.165) is 5.56 Å². The maximum atomic E-state index is 6.55. The number of rotatable bonds is 6. The van der Waals surface area contributed by atoms with E-state index in [-0.39, 0.29) is 18.1 Å². The van der Waals surface area contributed by atoms with Crippen molar-refractivity contribution in [3.8, 4) is 0 Å². The molecule has 2 rings (SSSR count). The summed E-state index contributed by atoms with van der Waals surface area (Å²) in [6, 6.07) is 5.47. The highest BCUT2D eigenvalue weighted by Crippen LogP contribution is 2.68. The van der Waals surface area contributed by atoms with Gasteiger partial charge in [-0.25, -0.2) is 0 Å². The quantitative estimate of drug-likeness (QED) is 0.466. The molecule has 0 heterocycles. The highest BCUT2D eigenvalue weighted by Gasteiger charge is 2.67. The molecule has 1 aliphatic carbocycles. The van der Waals surface area contributed by atoms with Gasteiger partial charge in [-0.1, -0.05) is 39.1 Å². The number of benzene rings is 1. The normalized spacial score (nSPS) is 28.9. The molecule has 0 radical (unpaired) electrons. The second-order valence-corrected chi connectivity index (χ2v) is 7.93. The van der Waals surface area contributed by atoms with E-state index in [9.17, 15) is 0 Å². The Morgan fingerprint density at radius 2 is 1.65 bits per heavy atom. The Bertz CT molecular complexity index is 455. The summed E-state index contributed by atoms with van der Waals surface area (Å²) in [7, 11) is 0. The Hall–Kier alpha value is 0.490. The molecule has 0 N–H and O–H groups in total. The van der Waals surface area contributed by atoms with Gasteiger partial charge in [-0.15, -0.1) is 11.6 Å². The summed E-state index contributed by atoms with van der Waals surface area (Å²) < 4.78 is 10.7. The van der Waals surface area contributed by atoms with Crippen LogP contribution in [0.1, 0.15) is 25.3 Å². The third-order valence-corrected chi connectivity index (χ3v) is 5.25. The maximum Gasteiger partial charge on any atom is 0.163 e. The standard InChI is InChI=1S/C14H16BrCl3O2/c1-3-19-13(20-4-2)12-11(14(12,15)18)8-5-9(16)7-10(17)6-8/h5-7,11-13H,3-4H2,1-2H3/t11-,12+,14?/m0/s1. The van der Waals surface area contributed by atoms with Gasteiger partial charge in [0.25, 0.3) is 0 Å². The first-order valence-corrected chi connectivity index (χ1v) is 8.41. The first-order chi connectivity index (χ1) is 9.41. The monoisotopic (exact) mass is 400 g/mol. The molecule has 6 heteroatoms. The second-order valence-electron chi connectivity index (χ2n) is 4.66. The zero-order valence-electron chi connectivity index (χ0n) is 11.2. The van der Waals surface area contributed by atoms with Crippen LogP contribution < -0.4 is 0 Å². The highest BCUT2D eigenvalue weighted by molar-refractivity contribution is 9.10. The fraction of sp³-hybridized carbons (Fsp3) is 0.571. The summed E-state index contributed by atoms with van der Waals surface area (Å²) in [6.45, 7) is 5.02. The van der Waals surface area contributed by atoms with Gasteiger partial charge in [-0.3, -0.25) is 0 Å². The molecule has 1 aliphatic rings. The van der Waals surface area contributed by atoms with Crippen LogP contribution in [0.15, 0.2) is 18.2 Å². The minimum atomic E-state index is -0.587. The smallest absolute Gasteiger partial charge is 0.163 e. The summed E-state index contributed by atoms with van der Waals surface area (Å²) >= 11 is 22.2. The van der Waals surface area contributed by atoms with E-state index in [1.54, 1.807) is 6.07 Å². The Balaban J connectivity index is 2.24. The predicted molar refractivity (Wildman–Crippen MR) is 87.2 cm³/mol. The zero-order valence-corrected chi connectivity index (χ0v) is 15.1. The van der Waals surface area contributed by atoms with Crippen LogP contribution in [0.3, 0.4) is 0 Å². The molecule has 1 aromatic rings. The summed E-state index contributed by atoms with van der Waals surface area (Å²) in [6.07, 6.45) is -0.343. The fourth-order valence-corrected chi connectivity index (χ4v) is 4.32. The van der Waals surface area contributed by atoms with Gasteiger partial charge in [0.1, 0.15) is 3.78 Å². The van der Waals surface area contributed by atoms with Crippen LogP contribution in [0.2, 0.25) is 10.0 Å². The number of hydrogen-bond acceptors (Lipinski definition) is 2. The SMILES string of the molecule is CCOC(OCC)[C@H]1[C@H](c2cc(Cl)cc(Cl)c2)C1(Cl)Br. The highest BCUT2D eigenvalue weighted by atomic mass is 79.9. The van der Waals surface area contributed by atoms with Crippen molar-refractivity contribution in [2.75, 3.05) is 13.2 Å². The molecule has 2 nitrogen and oxygen atoms in total. The lowest BCUT2D eigenvalue weighted by molar-refractivity contribution is -0.149. The lowest BCUT2D eigenvalue weighted by Crippen LogP contribution is -2.22. The van der Waals surface area contributed by atoms with Crippen molar-refractivity contribution in [1.82, 2.24) is 0 Å². The van der Waals surface area contributed by atoms with Crippen molar-refractivity contribution in [3.63, 3.8) is 0 Å². The van der Waals surface area contributed by atoms with Gasteiger partial charge in [0.2, 0.25) is 0 Å². The lowest BCUT2D eigenvalue weighted by atomic mass is 10.1. The number of halogens is 4. The average Bonchev–Trinajstić information content (AvgIpc) is 2.90. The molecule has 0 saturated heterocycles. The number of hydrogen-bond donors (Lipinski definition) is 0. The third kappa shape index (κ3) is 3.45. The number of ether oxygens (including phenoxy) is 2. The van der Waals surface area contributed by atoms with Crippen molar-refractivity contribution in [2.45, 2.75) is 29.8 Å².